The van der Waals surface area contributed by atoms with Crippen molar-refractivity contribution >= 4 is 0 Å². The second-order valence-corrected chi connectivity index (χ2v) is 7.13. The van der Waals surface area contributed by atoms with E-state index in [2.05, 4.69) is 12.2 Å². The smallest absolute Gasteiger partial charge is 0.0509 e. The predicted molar refractivity (Wildman–Crippen MR) is 72.3 cm³/mol. The van der Waals surface area contributed by atoms with Crippen LogP contribution in [0.1, 0.15) is 39.0 Å². The Labute approximate surface area is 111 Å². The average molecular weight is 249 g/mol. The summed E-state index contributed by atoms with van der Waals surface area (Å²) in [6.45, 7) is 5.41. The van der Waals surface area contributed by atoms with Crippen LogP contribution in [0.25, 0.3) is 0 Å². The molecule has 1 N–H and O–H groups in total. The average Bonchev–Trinajstić information content (AvgIpc) is 2.83. The van der Waals surface area contributed by atoms with Crippen molar-refractivity contribution in [1.29, 1.82) is 0 Å². The number of nitrogens with one attached hydrogen (secondary N) is 1. The Hall–Kier alpha value is -0.0800. The molecule has 6 unspecified atom stereocenters. The number of ether oxygens (including phenoxy) is 1. The van der Waals surface area contributed by atoms with E-state index in [0.717, 1.165) is 61.3 Å². The van der Waals surface area contributed by atoms with Crippen LogP contribution in [0, 0.1) is 35.5 Å². The Morgan fingerprint density at radius 3 is 2.56 bits per heavy atom. The molecule has 3 aliphatic carbocycles. The van der Waals surface area contributed by atoms with Crippen LogP contribution in [0.4, 0.5) is 0 Å². The molecule has 0 aromatic heterocycles. The molecule has 1 aliphatic heterocycles. The van der Waals surface area contributed by atoms with Gasteiger partial charge in [-0.1, -0.05) is 6.92 Å². The van der Waals surface area contributed by atoms with Crippen molar-refractivity contribution in [3.8, 4) is 0 Å². The molecule has 4 aliphatic rings. The fourth-order valence-electron chi connectivity index (χ4n) is 5.77. The molecule has 4 rings (SSSR count). The van der Waals surface area contributed by atoms with Gasteiger partial charge in [-0.3, -0.25) is 0 Å². The topological polar surface area (TPSA) is 21.3 Å². The van der Waals surface area contributed by atoms with Crippen molar-refractivity contribution in [1.82, 2.24) is 5.32 Å². The van der Waals surface area contributed by atoms with Gasteiger partial charge < -0.3 is 10.1 Å². The van der Waals surface area contributed by atoms with Crippen LogP contribution < -0.4 is 5.32 Å². The lowest BCUT2D eigenvalue weighted by Crippen LogP contribution is -2.43. The SMILES string of the molecule is CCNC(C1CCCOC1)C1C2C3CCC(C3)C21. The Morgan fingerprint density at radius 1 is 1.17 bits per heavy atom. The van der Waals surface area contributed by atoms with E-state index in [4.69, 9.17) is 4.74 Å². The van der Waals surface area contributed by atoms with Crippen molar-refractivity contribution in [2.45, 2.75) is 45.1 Å². The lowest BCUT2D eigenvalue weighted by molar-refractivity contribution is 0.0329. The predicted octanol–water partition coefficient (Wildman–Crippen LogP) is 2.68. The number of rotatable bonds is 4. The summed E-state index contributed by atoms with van der Waals surface area (Å²) in [6.07, 6.45) is 7.33. The molecule has 6 atom stereocenters. The highest BCUT2D eigenvalue weighted by atomic mass is 16.5. The summed E-state index contributed by atoms with van der Waals surface area (Å²) >= 11 is 0. The Bertz CT molecular complexity index is 296. The Kier molecular flexibility index (Phi) is 2.92. The minimum absolute atomic E-state index is 0.772. The second-order valence-electron chi connectivity index (χ2n) is 7.13. The lowest BCUT2D eigenvalue weighted by Gasteiger charge is -2.32. The molecule has 3 saturated carbocycles. The highest BCUT2D eigenvalue weighted by Gasteiger charge is 2.67. The molecule has 2 heteroatoms. The maximum atomic E-state index is 5.74. The lowest BCUT2D eigenvalue weighted by atomic mass is 9.86. The number of hydrogen-bond acceptors (Lipinski definition) is 2. The standard InChI is InChI=1S/C16H27NO/c1-2-17-16(12-4-3-7-18-9-12)15-13-10-5-6-11(8-10)14(13)15/h10-17H,2-9H2,1H3. The van der Waals surface area contributed by atoms with Crippen molar-refractivity contribution in [3.05, 3.63) is 0 Å². The summed E-state index contributed by atoms with van der Waals surface area (Å²) in [4.78, 5) is 0. The quantitative estimate of drug-likeness (QED) is 0.827. The zero-order valence-electron chi connectivity index (χ0n) is 11.6. The van der Waals surface area contributed by atoms with Gasteiger partial charge >= 0.3 is 0 Å². The highest BCUT2D eigenvalue weighted by molar-refractivity contribution is 5.16. The van der Waals surface area contributed by atoms with Crippen LogP contribution in [0.3, 0.4) is 0 Å². The molecule has 1 heterocycles. The molecule has 2 nitrogen and oxygen atoms in total. The van der Waals surface area contributed by atoms with Crippen molar-refractivity contribution in [2.24, 2.45) is 35.5 Å². The van der Waals surface area contributed by atoms with E-state index in [1.54, 1.807) is 19.3 Å². The first-order valence-corrected chi connectivity index (χ1v) is 8.21. The summed E-state index contributed by atoms with van der Waals surface area (Å²) < 4.78 is 5.74. The van der Waals surface area contributed by atoms with Gasteiger partial charge in [-0.25, -0.2) is 0 Å². The molecule has 0 radical (unpaired) electrons. The first-order chi connectivity index (χ1) is 8.90. The largest absolute Gasteiger partial charge is 0.381 e. The van der Waals surface area contributed by atoms with Crippen LogP contribution in [0.15, 0.2) is 0 Å². The summed E-state index contributed by atoms with van der Waals surface area (Å²) in [6, 6.07) is 0.772. The summed E-state index contributed by atoms with van der Waals surface area (Å²) in [5.41, 5.74) is 0. The van der Waals surface area contributed by atoms with Gasteiger partial charge in [0.15, 0.2) is 0 Å². The first-order valence-electron chi connectivity index (χ1n) is 8.21. The van der Waals surface area contributed by atoms with E-state index in [1.165, 1.54) is 12.8 Å². The van der Waals surface area contributed by atoms with Crippen molar-refractivity contribution < 1.29 is 4.74 Å². The van der Waals surface area contributed by atoms with E-state index in [9.17, 15) is 0 Å². The molecular formula is C16H27NO. The molecule has 0 amide bonds. The van der Waals surface area contributed by atoms with Gasteiger partial charge in [0, 0.05) is 12.6 Å². The van der Waals surface area contributed by atoms with Gasteiger partial charge in [0.1, 0.15) is 0 Å². The van der Waals surface area contributed by atoms with Crippen LogP contribution in [-0.2, 0) is 4.74 Å². The molecule has 102 valence electrons. The Balaban J connectivity index is 1.47. The van der Waals surface area contributed by atoms with Gasteiger partial charge in [-0.05, 0) is 74.2 Å². The maximum Gasteiger partial charge on any atom is 0.0509 e. The van der Waals surface area contributed by atoms with Gasteiger partial charge in [-0.2, -0.15) is 0 Å². The van der Waals surface area contributed by atoms with E-state index in [0.29, 0.717) is 0 Å². The molecule has 1 saturated heterocycles. The third-order valence-corrected chi connectivity index (χ3v) is 6.35. The monoisotopic (exact) mass is 249 g/mol. The van der Waals surface area contributed by atoms with Crippen molar-refractivity contribution in [3.63, 3.8) is 0 Å². The van der Waals surface area contributed by atoms with E-state index in [1.807, 2.05) is 0 Å². The van der Waals surface area contributed by atoms with Gasteiger partial charge in [-0.15, -0.1) is 0 Å². The third-order valence-electron chi connectivity index (χ3n) is 6.35. The fraction of sp³-hybridized carbons (Fsp3) is 1.00. The molecule has 18 heavy (non-hydrogen) atoms. The minimum Gasteiger partial charge on any atom is -0.381 e. The van der Waals surface area contributed by atoms with Gasteiger partial charge in [0.25, 0.3) is 0 Å². The second kappa shape index (κ2) is 4.49. The normalized spacial score (nSPS) is 51.2. The maximum absolute atomic E-state index is 5.74. The van der Waals surface area contributed by atoms with Crippen LogP contribution in [-0.4, -0.2) is 25.8 Å². The first kappa shape index (κ1) is 11.7. The van der Waals surface area contributed by atoms with E-state index >= 15 is 0 Å². The third kappa shape index (κ3) is 1.68. The number of fused-ring (bicyclic) bond motifs is 5. The molecule has 0 spiro atoms. The minimum atomic E-state index is 0.772. The van der Waals surface area contributed by atoms with E-state index < -0.39 is 0 Å². The molecule has 0 aromatic carbocycles. The van der Waals surface area contributed by atoms with E-state index in [-0.39, 0.29) is 0 Å². The number of hydrogen-bond donors (Lipinski definition) is 1. The zero-order chi connectivity index (χ0) is 12.1. The van der Waals surface area contributed by atoms with Gasteiger partial charge in [0.2, 0.25) is 0 Å². The molecule has 2 bridgehead atoms. The zero-order valence-corrected chi connectivity index (χ0v) is 11.6. The fourth-order valence-corrected chi connectivity index (χ4v) is 5.77. The van der Waals surface area contributed by atoms with Crippen LogP contribution in [0.5, 0.6) is 0 Å². The van der Waals surface area contributed by atoms with Crippen LogP contribution in [0.2, 0.25) is 0 Å². The van der Waals surface area contributed by atoms with Gasteiger partial charge in [0.05, 0.1) is 6.61 Å². The summed E-state index contributed by atoms with van der Waals surface area (Å²) in [5, 5.41) is 3.83. The highest BCUT2D eigenvalue weighted by Crippen LogP contribution is 2.70. The van der Waals surface area contributed by atoms with Crippen LogP contribution >= 0.6 is 0 Å². The molecule has 0 aromatic rings. The Morgan fingerprint density at radius 2 is 1.94 bits per heavy atom. The summed E-state index contributed by atoms with van der Waals surface area (Å²) in [5.74, 6) is 6.24. The molecule has 4 fully saturated rings. The van der Waals surface area contributed by atoms with Crippen molar-refractivity contribution in [2.75, 3.05) is 19.8 Å². The summed E-state index contributed by atoms with van der Waals surface area (Å²) in [7, 11) is 0. The molecular weight excluding hydrogens is 222 g/mol.